The van der Waals surface area contributed by atoms with Crippen LogP contribution in [0, 0.1) is 6.92 Å². The van der Waals surface area contributed by atoms with Crippen LogP contribution >= 0.6 is 0 Å². The highest BCUT2D eigenvalue weighted by Crippen LogP contribution is 2.35. The van der Waals surface area contributed by atoms with Gasteiger partial charge in [0.2, 0.25) is 0 Å². The van der Waals surface area contributed by atoms with Crippen LogP contribution in [0.4, 0.5) is 16.3 Å². The summed E-state index contributed by atoms with van der Waals surface area (Å²) in [6, 6.07) is 9.60. The van der Waals surface area contributed by atoms with E-state index in [-0.39, 0.29) is 10.7 Å². The Morgan fingerprint density at radius 3 is 2.46 bits per heavy atom. The minimum Gasteiger partial charge on any atom is -0.437 e. The summed E-state index contributed by atoms with van der Waals surface area (Å²) >= 11 is 0. The van der Waals surface area contributed by atoms with Gasteiger partial charge in [-0.15, -0.1) is 0 Å². The lowest BCUT2D eigenvalue weighted by Crippen LogP contribution is -2.36. The number of anilines is 2. The number of ether oxygens (including phenoxy) is 1. The SMILES string of the molecule is Cc1ccc(S(=O)(=O)Nc2ccc3c(n2)C(C)(C)OC(=O)N3)cc1. The number of aromatic nitrogens is 1. The first-order valence-corrected chi connectivity index (χ1v) is 8.77. The van der Waals surface area contributed by atoms with E-state index in [1.54, 1.807) is 32.0 Å². The highest BCUT2D eigenvalue weighted by atomic mass is 32.2. The predicted molar refractivity (Wildman–Crippen MR) is 89.4 cm³/mol. The van der Waals surface area contributed by atoms with Gasteiger partial charge in [-0.3, -0.25) is 10.0 Å². The lowest BCUT2D eigenvalue weighted by atomic mass is 10.0. The fourth-order valence-corrected chi connectivity index (χ4v) is 3.41. The van der Waals surface area contributed by atoms with Crippen LogP contribution in [-0.2, 0) is 20.4 Å². The molecule has 1 aliphatic heterocycles. The lowest BCUT2D eigenvalue weighted by molar-refractivity contribution is 0.0386. The first-order chi connectivity index (χ1) is 11.2. The van der Waals surface area contributed by atoms with E-state index in [2.05, 4.69) is 15.0 Å². The van der Waals surface area contributed by atoms with Crippen molar-refractivity contribution >= 4 is 27.6 Å². The fraction of sp³-hybridized carbons (Fsp3) is 0.250. The number of nitrogens with zero attached hydrogens (tertiary/aromatic N) is 1. The van der Waals surface area contributed by atoms with Gasteiger partial charge in [0.15, 0.2) is 5.60 Å². The van der Waals surface area contributed by atoms with Crippen LogP contribution in [0.15, 0.2) is 41.3 Å². The number of nitrogens with one attached hydrogen (secondary N) is 2. The van der Waals surface area contributed by atoms with Crippen LogP contribution in [0.3, 0.4) is 0 Å². The van der Waals surface area contributed by atoms with Crippen molar-refractivity contribution in [1.29, 1.82) is 0 Å². The van der Waals surface area contributed by atoms with Crippen LogP contribution in [0.1, 0.15) is 25.1 Å². The van der Waals surface area contributed by atoms with Gasteiger partial charge >= 0.3 is 6.09 Å². The Bertz CT molecular complexity index is 905. The van der Waals surface area contributed by atoms with Crippen molar-refractivity contribution in [2.45, 2.75) is 31.3 Å². The van der Waals surface area contributed by atoms with Crippen molar-refractivity contribution in [3.8, 4) is 0 Å². The van der Waals surface area contributed by atoms with Gasteiger partial charge in [0, 0.05) is 0 Å². The van der Waals surface area contributed by atoms with Gasteiger partial charge in [-0.05, 0) is 45.0 Å². The average molecular weight is 347 g/mol. The number of fused-ring (bicyclic) bond motifs is 1. The van der Waals surface area contributed by atoms with E-state index in [1.165, 1.54) is 18.2 Å². The number of sulfonamides is 1. The Labute approximate surface area is 140 Å². The molecular weight excluding hydrogens is 330 g/mol. The number of hydrogen-bond acceptors (Lipinski definition) is 5. The zero-order valence-electron chi connectivity index (χ0n) is 13.5. The molecule has 1 aromatic carbocycles. The second kappa shape index (κ2) is 5.48. The van der Waals surface area contributed by atoms with Crippen LogP contribution in [-0.4, -0.2) is 19.5 Å². The Hall–Kier alpha value is -2.61. The molecule has 24 heavy (non-hydrogen) atoms. The van der Waals surface area contributed by atoms with Gasteiger partial charge < -0.3 is 4.74 Å². The van der Waals surface area contributed by atoms with Crippen LogP contribution < -0.4 is 10.0 Å². The number of rotatable bonds is 3. The smallest absolute Gasteiger partial charge is 0.412 e. The summed E-state index contributed by atoms with van der Waals surface area (Å²) in [6.45, 7) is 5.26. The molecule has 0 aliphatic carbocycles. The number of cyclic esters (lactones) is 1. The number of carbonyl (C=O) groups is 1. The van der Waals surface area contributed by atoms with Crippen molar-refractivity contribution in [1.82, 2.24) is 4.98 Å². The van der Waals surface area contributed by atoms with E-state index in [0.717, 1.165) is 5.56 Å². The molecule has 0 unspecified atom stereocenters. The average Bonchev–Trinajstić information content (AvgIpc) is 2.47. The molecule has 126 valence electrons. The van der Waals surface area contributed by atoms with E-state index in [0.29, 0.717) is 11.4 Å². The molecular formula is C16H17N3O4S. The first-order valence-electron chi connectivity index (χ1n) is 7.28. The van der Waals surface area contributed by atoms with E-state index < -0.39 is 21.7 Å². The molecule has 3 rings (SSSR count). The minimum atomic E-state index is -3.75. The Morgan fingerprint density at radius 1 is 1.12 bits per heavy atom. The number of aryl methyl sites for hydroxylation is 1. The molecule has 2 N–H and O–H groups in total. The van der Waals surface area contributed by atoms with Crippen molar-refractivity contribution in [3.63, 3.8) is 0 Å². The molecule has 2 aromatic rings. The zero-order valence-corrected chi connectivity index (χ0v) is 14.3. The van der Waals surface area contributed by atoms with Gasteiger partial charge in [-0.25, -0.2) is 18.2 Å². The maximum absolute atomic E-state index is 12.4. The highest BCUT2D eigenvalue weighted by molar-refractivity contribution is 7.92. The predicted octanol–water partition coefficient (Wildman–Crippen LogP) is 2.99. The maximum Gasteiger partial charge on any atom is 0.412 e. The van der Waals surface area contributed by atoms with E-state index in [9.17, 15) is 13.2 Å². The second-order valence-corrected chi connectivity index (χ2v) is 7.72. The third-order valence-corrected chi connectivity index (χ3v) is 4.99. The Morgan fingerprint density at radius 2 is 1.79 bits per heavy atom. The summed E-state index contributed by atoms with van der Waals surface area (Å²) in [5.41, 5.74) is 0.958. The number of carbonyl (C=O) groups excluding carboxylic acids is 1. The van der Waals surface area contributed by atoms with Gasteiger partial charge in [0.25, 0.3) is 10.0 Å². The molecule has 0 atom stereocenters. The van der Waals surface area contributed by atoms with Crippen molar-refractivity contribution in [3.05, 3.63) is 47.7 Å². The fourth-order valence-electron chi connectivity index (χ4n) is 2.41. The maximum atomic E-state index is 12.4. The van der Waals surface area contributed by atoms with Gasteiger partial charge in [-0.1, -0.05) is 17.7 Å². The van der Waals surface area contributed by atoms with Crippen LogP contribution in [0.25, 0.3) is 0 Å². The number of amides is 1. The highest BCUT2D eigenvalue weighted by Gasteiger charge is 2.35. The number of benzene rings is 1. The molecule has 0 fully saturated rings. The molecule has 0 saturated carbocycles. The van der Waals surface area contributed by atoms with E-state index in [1.807, 2.05) is 6.92 Å². The van der Waals surface area contributed by atoms with Crippen LogP contribution in [0.5, 0.6) is 0 Å². The molecule has 1 amide bonds. The monoisotopic (exact) mass is 347 g/mol. The second-order valence-electron chi connectivity index (χ2n) is 6.04. The summed E-state index contributed by atoms with van der Waals surface area (Å²) in [7, 11) is -3.75. The van der Waals surface area contributed by atoms with Crippen molar-refractivity contribution < 1.29 is 17.9 Å². The van der Waals surface area contributed by atoms with Gasteiger partial charge in [-0.2, -0.15) is 0 Å². The van der Waals surface area contributed by atoms with E-state index >= 15 is 0 Å². The Kier molecular flexibility index (Phi) is 3.71. The quantitative estimate of drug-likeness (QED) is 0.889. The van der Waals surface area contributed by atoms with Gasteiger partial charge in [0.05, 0.1) is 10.6 Å². The van der Waals surface area contributed by atoms with E-state index in [4.69, 9.17) is 4.74 Å². The van der Waals surface area contributed by atoms with Crippen molar-refractivity contribution in [2.24, 2.45) is 0 Å². The summed E-state index contributed by atoms with van der Waals surface area (Å²) in [6.07, 6.45) is -0.567. The topological polar surface area (TPSA) is 97.4 Å². The lowest BCUT2D eigenvalue weighted by Gasteiger charge is -2.31. The van der Waals surface area contributed by atoms with Crippen LogP contribution in [0.2, 0.25) is 0 Å². The van der Waals surface area contributed by atoms with Gasteiger partial charge in [0.1, 0.15) is 11.5 Å². The molecule has 1 aromatic heterocycles. The summed E-state index contributed by atoms with van der Waals surface area (Å²) in [5.74, 6) is 0.155. The van der Waals surface area contributed by atoms with Crippen molar-refractivity contribution in [2.75, 3.05) is 10.0 Å². The molecule has 1 aliphatic rings. The molecule has 7 nitrogen and oxygen atoms in total. The molecule has 0 radical (unpaired) electrons. The number of hydrogen-bond donors (Lipinski definition) is 2. The third kappa shape index (κ3) is 3.05. The Balaban J connectivity index is 1.94. The molecule has 0 bridgehead atoms. The molecule has 2 heterocycles. The molecule has 0 spiro atoms. The number of pyridine rings is 1. The summed E-state index contributed by atoms with van der Waals surface area (Å²) in [5, 5.41) is 2.54. The summed E-state index contributed by atoms with van der Waals surface area (Å²) in [4.78, 5) is 15.9. The minimum absolute atomic E-state index is 0.149. The third-order valence-electron chi connectivity index (χ3n) is 3.62. The normalized spacial score (nSPS) is 15.9. The molecule has 8 heteroatoms. The standard InChI is InChI=1S/C16H17N3O4S/c1-10-4-6-11(7-5-10)24(21,22)19-13-9-8-12-14(18-13)16(2,3)23-15(20)17-12/h4-9H,1-3H3,(H,17,20)(H,18,19). The largest absolute Gasteiger partial charge is 0.437 e. The first kappa shape index (κ1) is 16.3. The summed E-state index contributed by atoms with van der Waals surface area (Å²) < 4.78 is 32.5. The molecule has 0 saturated heterocycles. The zero-order chi connectivity index (χ0) is 17.5.